The molecule has 0 saturated heterocycles. The van der Waals surface area contributed by atoms with Crippen LogP contribution in [-0.2, 0) is 0 Å². The minimum Gasteiger partial charge on any atom is -0.397 e. The Bertz CT molecular complexity index is 354. The van der Waals surface area contributed by atoms with Crippen molar-refractivity contribution in [2.24, 2.45) is 0 Å². The Morgan fingerprint density at radius 1 is 1.62 bits per heavy atom. The molecule has 0 aliphatic rings. The SMILES string of the molecule is Nc1cnc(Cl)c(C#CCCBr)c1. The first-order valence-corrected chi connectivity index (χ1v) is 5.20. The van der Waals surface area contributed by atoms with Crippen molar-refractivity contribution in [1.82, 2.24) is 4.98 Å². The first-order valence-electron chi connectivity index (χ1n) is 3.70. The third-order valence-corrected chi connectivity index (χ3v) is 2.00. The predicted octanol–water partition coefficient (Wildman–Crippen LogP) is 2.45. The van der Waals surface area contributed by atoms with Crippen LogP contribution in [0.2, 0.25) is 5.15 Å². The van der Waals surface area contributed by atoms with Gasteiger partial charge in [0.05, 0.1) is 17.4 Å². The molecule has 0 bridgehead atoms. The van der Waals surface area contributed by atoms with Crippen molar-refractivity contribution in [2.75, 3.05) is 11.1 Å². The molecule has 68 valence electrons. The summed E-state index contributed by atoms with van der Waals surface area (Å²) in [6, 6.07) is 1.72. The second-order valence-corrected chi connectivity index (χ2v) is 3.50. The zero-order valence-corrected chi connectivity index (χ0v) is 9.19. The fourth-order valence-electron chi connectivity index (χ4n) is 0.757. The number of nitrogen functional groups attached to an aromatic ring is 1. The van der Waals surface area contributed by atoms with Gasteiger partial charge in [0.15, 0.2) is 0 Å². The number of nitrogens with zero attached hydrogens (tertiary/aromatic N) is 1. The van der Waals surface area contributed by atoms with Gasteiger partial charge in [-0.15, -0.1) is 0 Å². The lowest BCUT2D eigenvalue weighted by molar-refractivity contribution is 1.30. The summed E-state index contributed by atoms with van der Waals surface area (Å²) in [6.07, 6.45) is 2.29. The Hall–Kier alpha value is -0.720. The molecule has 0 radical (unpaired) electrons. The molecular weight excluding hydrogens is 251 g/mol. The number of alkyl halides is 1. The number of rotatable bonds is 1. The van der Waals surface area contributed by atoms with E-state index in [1.54, 1.807) is 6.07 Å². The summed E-state index contributed by atoms with van der Waals surface area (Å²) >= 11 is 9.07. The number of nitrogens with two attached hydrogens (primary N) is 1. The Morgan fingerprint density at radius 2 is 2.38 bits per heavy atom. The van der Waals surface area contributed by atoms with E-state index in [9.17, 15) is 0 Å². The van der Waals surface area contributed by atoms with Crippen molar-refractivity contribution in [3.63, 3.8) is 0 Å². The maximum atomic E-state index is 5.79. The second-order valence-electron chi connectivity index (χ2n) is 2.35. The Balaban J connectivity index is 2.89. The lowest BCUT2D eigenvalue weighted by Crippen LogP contribution is -1.89. The number of halogens is 2. The fraction of sp³-hybridized carbons (Fsp3) is 0.222. The van der Waals surface area contributed by atoms with E-state index in [2.05, 4.69) is 32.8 Å². The highest BCUT2D eigenvalue weighted by molar-refractivity contribution is 9.09. The summed E-state index contributed by atoms with van der Waals surface area (Å²) in [5, 5.41) is 1.25. The van der Waals surface area contributed by atoms with E-state index in [1.807, 2.05) is 0 Å². The van der Waals surface area contributed by atoms with Gasteiger partial charge in [0.25, 0.3) is 0 Å². The molecule has 0 saturated carbocycles. The van der Waals surface area contributed by atoms with Crippen molar-refractivity contribution < 1.29 is 0 Å². The predicted molar refractivity (Wildman–Crippen MR) is 58.9 cm³/mol. The van der Waals surface area contributed by atoms with Crippen molar-refractivity contribution in [3.05, 3.63) is 23.0 Å². The fourth-order valence-corrected chi connectivity index (χ4v) is 1.11. The smallest absolute Gasteiger partial charge is 0.144 e. The van der Waals surface area contributed by atoms with Crippen LogP contribution in [0.3, 0.4) is 0 Å². The molecule has 0 fully saturated rings. The van der Waals surface area contributed by atoms with E-state index in [0.29, 0.717) is 16.4 Å². The normalized spacial score (nSPS) is 9.08. The van der Waals surface area contributed by atoms with Crippen molar-refractivity contribution in [2.45, 2.75) is 6.42 Å². The highest BCUT2D eigenvalue weighted by atomic mass is 79.9. The molecule has 2 nitrogen and oxygen atoms in total. The van der Waals surface area contributed by atoms with Gasteiger partial charge < -0.3 is 5.73 Å². The van der Waals surface area contributed by atoms with Gasteiger partial charge in [-0.25, -0.2) is 4.98 Å². The van der Waals surface area contributed by atoms with Crippen molar-refractivity contribution in [3.8, 4) is 11.8 Å². The summed E-state index contributed by atoms with van der Waals surface area (Å²) in [5.74, 6) is 5.84. The molecule has 1 aromatic rings. The standard InChI is InChI=1S/C9H8BrClN2/c10-4-2-1-3-7-5-8(12)6-13-9(7)11/h5-6H,2,4,12H2. The van der Waals surface area contributed by atoms with Gasteiger partial charge in [-0.1, -0.05) is 39.4 Å². The quantitative estimate of drug-likeness (QED) is 0.478. The number of aromatic nitrogens is 1. The van der Waals surface area contributed by atoms with Gasteiger partial charge in [-0.2, -0.15) is 0 Å². The van der Waals surface area contributed by atoms with Crippen LogP contribution in [0.15, 0.2) is 12.3 Å². The summed E-state index contributed by atoms with van der Waals surface area (Å²) in [5.41, 5.74) is 6.79. The van der Waals surface area contributed by atoms with Crippen molar-refractivity contribution in [1.29, 1.82) is 0 Å². The first-order chi connectivity index (χ1) is 6.24. The van der Waals surface area contributed by atoms with Crippen LogP contribution in [0, 0.1) is 11.8 Å². The average molecular weight is 260 g/mol. The maximum Gasteiger partial charge on any atom is 0.144 e. The van der Waals surface area contributed by atoms with E-state index in [-0.39, 0.29) is 0 Å². The molecule has 13 heavy (non-hydrogen) atoms. The highest BCUT2D eigenvalue weighted by Crippen LogP contribution is 2.13. The van der Waals surface area contributed by atoms with Crippen LogP contribution >= 0.6 is 27.5 Å². The number of hydrogen-bond acceptors (Lipinski definition) is 2. The third kappa shape index (κ3) is 3.25. The molecule has 0 spiro atoms. The Morgan fingerprint density at radius 3 is 3.08 bits per heavy atom. The molecule has 0 aromatic carbocycles. The van der Waals surface area contributed by atoms with Gasteiger partial charge in [0.2, 0.25) is 0 Å². The monoisotopic (exact) mass is 258 g/mol. The lowest BCUT2D eigenvalue weighted by Gasteiger charge is -1.95. The van der Waals surface area contributed by atoms with Crippen LogP contribution in [0.25, 0.3) is 0 Å². The topological polar surface area (TPSA) is 38.9 Å². The molecule has 0 atom stereocenters. The van der Waals surface area contributed by atoms with E-state index < -0.39 is 0 Å². The zero-order valence-electron chi connectivity index (χ0n) is 6.85. The molecule has 0 aliphatic carbocycles. The molecule has 2 N–H and O–H groups in total. The molecule has 1 rings (SSSR count). The molecular formula is C9H8BrClN2. The van der Waals surface area contributed by atoms with Crippen LogP contribution in [-0.4, -0.2) is 10.3 Å². The molecule has 4 heteroatoms. The van der Waals surface area contributed by atoms with Crippen LogP contribution in [0.4, 0.5) is 5.69 Å². The molecule has 1 heterocycles. The van der Waals surface area contributed by atoms with E-state index in [1.165, 1.54) is 6.20 Å². The number of anilines is 1. The molecule has 0 amide bonds. The van der Waals surface area contributed by atoms with Gasteiger partial charge in [-0.3, -0.25) is 0 Å². The lowest BCUT2D eigenvalue weighted by atomic mass is 10.2. The van der Waals surface area contributed by atoms with Crippen LogP contribution < -0.4 is 5.73 Å². The second kappa shape index (κ2) is 5.11. The van der Waals surface area contributed by atoms with Crippen LogP contribution in [0.1, 0.15) is 12.0 Å². The third-order valence-electron chi connectivity index (χ3n) is 1.30. The minimum atomic E-state index is 0.399. The summed E-state index contributed by atoms with van der Waals surface area (Å²) < 4.78 is 0. The summed E-state index contributed by atoms with van der Waals surface area (Å²) in [7, 11) is 0. The Kier molecular flexibility index (Phi) is 4.07. The van der Waals surface area contributed by atoms with Gasteiger partial charge in [0, 0.05) is 11.8 Å². The van der Waals surface area contributed by atoms with Gasteiger partial charge in [-0.05, 0) is 6.07 Å². The first kappa shape index (κ1) is 10.4. The van der Waals surface area contributed by atoms with Crippen LogP contribution in [0.5, 0.6) is 0 Å². The molecule has 0 aliphatic heterocycles. The highest BCUT2D eigenvalue weighted by Gasteiger charge is 1.97. The van der Waals surface area contributed by atoms with E-state index in [4.69, 9.17) is 17.3 Å². The number of pyridine rings is 1. The molecule has 0 unspecified atom stereocenters. The maximum absolute atomic E-state index is 5.79. The van der Waals surface area contributed by atoms with E-state index in [0.717, 1.165) is 11.8 Å². The van der Waals surface area contributed by atoms with Crippen molar-refractivity contribution >= 4 is 33.2 Å². The van der Waals surface area contributed by atoms with Gasteiger partial charge in [0.1, 0.15) is 5.15 Å². The van der Waals surface area contributed by atoms with Gasteiger partial charge >= 0.3 is 0 Å². The number of hydrogen-bond donors (Lipinski definition) is 1. The average Bonchev–Trinajstić information content (AvgIpc) is 2.11. The molecule has 1 aromatic heterocycles. The van der Waals surface area contributed by atoms with E-state index >= 15 is 0 Å². The zero-order chi connectivity index (χ0) is 9.68. The minimum absolute atomic E-state index is 0.399. The summed E-state index contributed by atoms with van der Waals surface area (Å²) in [4.78, 5) is 3.88. The Labute approximate surface area is 90.6 Å². The summed E-state index contributed by atoms with van der Waals surface area (Å²) in [6.45, 7) is 0. The largest absolute Gasteiger partial charge is 0.397 e.